The molecule has 0 aliphatic carbocycles. The van der Waals surface area contributed by atoms with Crippen molar-refractivity contribution in [2.75, 3.05) is 42.9 Å². The highest BCUT2D eigenvalue weighted by Gasteiger charge is 2.29. The number of piperidine rings is 2. The van der Waals surface area contributed by atoms with E-state index in [0.29, 0.717) is 23.9 Å². The Balaban J connectivity index is 1.29. The second-order valence-corrected chi connectivity index (χ2v) is 9.79. The van der Waals surface area contributed by atoms with Gasteiger partial charge in [0.05, 0.1) is 4.90 Å². The van der Waals surface area contributed by atoms with Gasteiger partial charge < -0.3 is 10.2 Å². The Morgan fingerprint density at radius 3 is 2.41 bits per heavy atom. The van der Waals surface area contributed by atoms with Crippen LogP contribution in [0.25, 0.3) is 0 Å². The zero-order chi connectivity index (χ0) is 20.1. The van der Waals surface area contributed by atoms with E-state index < -0.39 is 10.0 Å². The molecule has 0 unspecified atom stereocenters. The van der Waals surface area contributed by atoms with Crippen LogP contribution < -0.4 is 10.2 Å². The lowest BCUT2D eigenvalue weighted by molar-refractivity contribution is 0.282. The molecule has 2 aliphatic heterocycles. The van der Waals surface area contributed by atoms with E-state index in [-0.39, 0.29) is 0 Å². The quantitative estimate of drug-likeness (QED) is 0.781. The van der Waals surface area contributed by atoms with Crippen molar-refractivity contribution in [1.82, 2.24) is 14.3 Å². The third-order valence-electron chi connectivity index (χ3n) is 5.86. The highest BCUT2D eigenvalue weighted by atomic mass is 32.2. The Kier molecular flexibility index (Phi) is 6.30. The molecule has 1 N–H and O–H groups in total. The molecule has 7 nitrogen and oxygen atoms in total. The molecule has 0 saturated carbocycles. The molecule has 0 amide bonds. The van der Waals surface area contributed by atoms with Crippen molar-refractivity contribution >= 4 is 21.7 Å². The Morgan fingerprint density at radius 2 is 1.69 bits per heavy atom. The maximum Gasteiger partial charge on any atom is 0.243 e. The summed E-state index contributed by atoms with van der Waals surface area (Å²) in [4.78, 5) is 11.5. The predicted molar refractivity (Wildman–Crippen MR) is 115 cm³/mol. The summed E-state index contributed by atoms with van der Waals surface area (Å²) in [6.45, 7) is 4.05. The molecule has 0 atom stereocenters. The molecular weight excluding hydrogens is 386 g/mol. The molecule has 1 aromatic carbocycles. The number of benzene rings is 1. The molecule has 3 heterocycles. The number of nitrogens with one attached hydrogen (secondary N) is 1. The van der Waals surface area contributed by atoms with E-state index in [1.165, 1.54) is 19.3 Å². The number of nitrogens with zero attached hydrogens (tertiary/aromatic N) is 4. The number of aromatic nitrogens is 2. The predicted octanol–water partition coefficient (Wildman–Crippen LogP) is 2.98. The molecule has 29 heavy (non-hydrogen) atoms. The molecule has 0 radical (unpaired) electrons. The number of hydrogen-bond donors (Lipinski definition) is 1. The standard InChI is InChI=1S/C21H29N5O2S/c27-29(28,19-7-3-1-4-8-19)26-13-9-18(10-14-26)16-22-20-15-21(24-17-23-20)25-11-5-2-6-12-25/h1,3-4,7-8,15,17-18H,2,5-6,9-14,16H2,(H,22,23,24). The number of rotatable bonds is 6. The van der Waals surface area contributed by atoms with Gasteiger partial charge in [-0.3, -0.25) is 0 Å². The zero-order valence-corrected chi connectivity index (χ0v) is 17.5. The van der Waals surface area contributed by atoms with Crippen LogP contribution in [0.15, 0.2) is 47.6 Å². The van der Waals surface area contributed by atoms with Gasteiger partial charge >= 0.3 is 0 Å². The molecule has 2 fully saturated rings. The van der Waals surface area contributed by atoms with Crippen molar-refractivity contribution in [2.45, 2.75) is 37.0 Å². The van der Waals surface area contributed by atoms with E-state index in [1.807, 2.05) is 12.1 Å². The molecule has 2 aliphatic rings. The largest absolute Gasteiger partial charge is 0.370 e. The van der Waals surface area contributed by atoms with Crippen molar-refractivity contribution in [3.05, 3.63) is 42.7 Å². The van der Waals surface area contributed by atoms with Crippen LogP contribution >= 0.6 is 0 Å². The molecule has 4 rings (SSSR count). The van der Waals surface area contributed by atoms with Crippen LogP contribution in [-0.2, 0) is 10.0 Å². The van der Waals surface area contributed by atoms with Gasteiger partial charge in [0.2, 0.25) is 10.0 Å². The minimum absolute atomic E-state index is 0.378. The van der Waals surface area contributed by atoms with E-state index in [2.05, 4.69) is 20.2 Å². The van der Waals surface area contributed by atoms with Crippen LogP contribution in [0.5, 0.6) is 0 Å². The highest BCUT2D eigenvalue weighted by molar-refractivity contribution is 7.89. The van der Waals surface area contributed by atoms with Crippen LogP contribution in [0.1, 0.15) is 32.1 Å². The smallest absolute Gasteiger partial charge is 0.243 e. The topological polar surface area (TPSA) is 78.4 Å². The minimum Gasteiger partial charge on any atom is -0.370 e. The van der Waals surface area contributed by atoms with Crippen LogP contribution in [0.4, 0.5) is 11.6 Å². The molecule has 8 heteroatoms. The van der Waals surface area contributed by atoms with Gasteiger partial charge in [-0.1, -0.05) is 18.2 Å². The summed E-state index contributed by atoms with van der Waals surface area (Å²) in [6, 6.07) is 10.7. The lowest BCUT2D eigenvalue weighted by Gasteiger charge is -2.31. The highest BCUT2D eigenvalue weighted by Crippen LogP contribution is 2.24. The molecule has 2 aromatic rings. The first-order valence-electron chi connectivity index (χ1n) is 10.5. The van der Waals surface area contributed by atoms with E-state index >= 15 is 0 Å². The molecule has 2 saturated heterocycles. The van der Waals surface area contributed by atoms with E-state index in [0.717, 1.165) is 44.1 Å². The summed E-state index contributed by atoms with van der Waals surface area (Å²) in [6.07, 6.45) is 7.06. The van der Waals surface area contributed by atoms with Gasteiger partial charge in [0.15, 0.2) is 0 Å². The van der Waals surface area contributed by atoms with Gasteiger partial charge in [0.25, 0.3) is 0 Å². The third-order valence-corrected chi connectivity index (χ3v) is 7.77. The SMILES string of the molecule is O=S(=O)(c1ccccc1)N1CCC(CNc2cc(N3CCCCC3)ncn2)CC1. The van der Waals surface area contributed by atoms with Crippen LogP contribution in [0.3, 0.4) is 0 Å². The lowest BCUT2D eigenvalue weighted by atomic mass is 9.98. The van der Waals surface area contributed by atoms with Crippen LogP contribution in [0, 0.1) is 5.92 Å². The Hall–Kier alpha value is -2.19. The Morgan fingerprint density at radius 1 is 0.966 bits per heavy atom. The number of sulfonamides is 1. The number of hydrogen-bond acceptors (Lipinski definition) is 6. The van der Waals surface area contributed by atoms with E-state index in [4.69, 9.17) is 0 Å². The molecule has 156 valence electrons. The second-order valence-electron chi connectivity index (χ2n) is 7.85. The summed E-state index contributed by atoms with van der Waals surface area (Å²) in [5.74, 6) is 2.27. The monoisotopic (exact) mass is 415 g/mol. The summed E-state index contributed by atoms with van der Waals surface area (Å²) < 4.78 is 27.1. The van der Waals surface area contributed by atoms with Gasteiger partial charge in [0.1, 0.15) is 18.0 Å². The third kappa shape index (κ3) is 4.87. The summed E-state index contributed by atoms with van der Waals surface area (Å²) in [5, 5.41) is 3.43. The van der Waals surface area contributed by atoms with Crippen LogP contribution in [-0.4, -0.2) is 55.4 Å². The van der Waals surface area contributed by atoms with Gasteiger partial charge in [-0.25, -0.2) is 18.4 Å². The van der Waals surface area contributed by atoms with Crippen molar-refractivity contribution < 1.29 is 8.42 Å². The molecule has 0 bridgehead atoms. The van der Waals surface area contributed by atoms with Gasteiger partial charge in [-0.15, -0.1) is 0 Å². The van der Waals surface area contributed by atoms with Gasteiger partial charge in [0, 0.05) is 38.8 Å². The summed E-state index contributed by atoms with van der Waals surface area (Å²) in [7, 11) is -3.38. The fraction of sp³-hybridized carbons (Fsp3) is 0.524. The maximum atomic E-state index is 12.7. The first-order chi connectivity index (χ1) is 14.1. The minimum atomic E-state index is -3.38. The normalized spacial score (nSPS) is 19.2. The fourth-order valence-electron chi connectivity index (χ4n) is 4.08. The first kappa shape index (κ1) is 20.1. The van der Waals surface area contributed by atoms with Crippen molar-refractivity contribution in [2.24, 2.45) is 5.92 Å². The van der Waals surface area contributed by atoms with Crippen molar-refractivity contribution in [1.29, 1.82) is 0 Å². The molecule has 0 spiro atoms. The summed E-state index contributed by atoms with van der Waals surface area (Å²) in [5.41, 5.74) is 0. The second kappa shape index (κ2) is 9.09. The van der Waals surface area contributed by atoms with Crippen LogP contribution in [0.2, 0.25) is 0 Å². The summed E-state index contributed by atoms with van der Waals surface area (Å²) >= 11 is 0. The number of anilines is 2. The van der Waals surface area contributed by atoms with Crippen molar-refractivity contribution in [3.8, 4) is 0 Å². The zero-order valence-electron chi connectivity index (χ0n) is 16.7. The van der Waals surface area contributed by atoms with Crippen molar-refractivity contribution in [3.63, 3.8) is 0 Å². The fourth-order valence-corrected chi connectivity index (χ4v) is 5.57. The van der Waals surface area contributed by atoms with Gasteiger partial charge in [-0.05, 0) is 50.2 Å². The maximum absolute atomic E-state index is 12.7. The first-order valence-corrected chi connectivity index (χ1v) is 11.9. The van der Waals surface area contributed by atoms with E-state index in [9.17, 15) is 8.42 Å². The van der Waals surface area contributed by atoms with Gasteiger partial charge in [-0.2, -0.15) is 4.31 Å². The Labute approximate surface area is 173 Å². The molecule has 1 aromatic heterocycles. The lowest BCUT2D eigenvalue weighted by Crippen LogP contribution is -2.39. The van der Waals surface area contributed by atoms with E-state index in [1.54, 1.807) is 34.9 Å². The average Bonchev–Trinajstić information content (AvgIpc) is 2.79. The Bertz CT molecular complexity index is 892. The average molecular weight is 416 g/mol. The molecular formula is C21H29N5O2S.